The zero-order valence-corrected chi connectivity index (χ0v) is 19.8. The largest absolute Gasteiger partial charge is 0.397 e. The second-order valence-electron chi connectivity index (χ2n) is 8.48. The number of fused-ring (bicyclic) bond motifs is 1. The van der Waals surface area contributed by atoms with E-state index in [-0.39, 0.29) is 6.61 Å². The van der Waals surface area contributed by atoms with E-state index in [1.807, 2.05) is 29.0 Å². The van der Waals surface area contributed by atoms with Crippen molar-refractivity contribution in [1.82, 2.24) is 0 Å². The smallest absolute Gasteiger partial charge is 0.378 e. The van der Waals surface area contributed by atoms with E-state index in [0.717, 1.165) is 31.4 Å². The van der Waals surface area contributed by atoms with Gasteiger partial charge in [-0.1, -0.05) is 82.9 Å². The van der Waals surface area contributed by atoms with Crippen LogP contribution in [0.15, 0.2) is 24.3 Å². The van der Waals surface area contributed by atoms with Crippen molar-refractivity contribution >= 4 is 16.6 Å². The lowest BCUT2D eigenvalue weighted by molar-refractivity contribution is -0.532. The van der Waals surface area contributed by atoms with Crippen molar-refractivity contribution in [1.29, 1.82) is 0 Å². The Morgan fingerprint density at radius 2 is 1.65 bits per heavy atom. The molecular weight excluding hydrogens is 414 g/mol. The van der Waals surface area contributed by atoms with Gasteiger partial charge in [0.1, 0.15) is 6.54 Å². The molecule has 0 radical (unpaired) electrons. The molecule has 0 spiro atoms. The maximum Gasteiger partial charge on any atom is 0.397 e. The fourth-order valence-electron chi connectivity index (χ4n) is 4.01. The molecule has 0 saturated carbocycles. The van der Waals surface area contributed by atoms with Crippen molar-refractivity contribution < 1.29 is 26.5 Å². The average Bonchev–Trinajstić information content (AvgIpc) is 2.73. The van der Waals surface area contributed by atoms with Crippen LogP contribution in [0.5, 0.6) is 0 Å². The quantitative estimate of drug-likeness (QED) is 0.208. The van der Waals surface area contributed by atoms with Gasteiger partial charge in [-0.25, -0.2) is 8.76 Å². The third-order valence-corrected chi connectivity index (χ3v) is 6.20. The molecule has 2 rings (SSSR count). The minimum atomic E-state index is -4.52. The van der Waals surface area contributed by atoms with E-state index < -0.39 is 16.5 Å². The lowest BCUT2D eigenvalue weighted by Gasteiger charge is -2.17. The molecule has 0 aromatic heterocycles. The maximum absolute atomic E-state index is 11.2. The Morgan fingerprint density at radius 3 is 2.32 bits per heavy atom. The summed E-state index contributed by atoms with van der Waals surface area (Å²) < 4.78 is 44.2. The van der Waals surface area contributed by atoms with Gasteiger partial charge in [0.15, 0.2) is 18.9 Å². The van der Waals surface area contributed by atoms with Gasteiger partial charge < -0.3 is 4.74 Å². The molecule has 1 aromatic carbocycles. The van der Waals surface area contributed by atoms with Crippen LogP contribution in [0.25, 0.3) is 0 Å². The summed E-state index contributed by atoms with van der Waals surface area (Å²) in [7, 11) is -4.52. The molecule has 1 heterocycles. The molecule has 1 atom stereocenters. The van der Waals surface area contributed by atoms with Gasteiger partial charge in [-0.2, -0.15) is 8.42 Å². The molecule has 7 heteroatoms. The predicted molar refractivity (Wildman–Crippen MR) is 124 cm³/mol. The van der Waals surface area contributed by atoms with Crippen LogP contribution >= 0.6 is 0 Å². The van der Waals surface area contributed by atoms with Crippen molar-refractivity contribution in [3.8, 4) is 0 Å². The molecule has 1 aliphatic heterocycles. The van der Waals surface area contributed by atoms with Gasteiger partial charge >= 0.3 is 10.4 Å². The first-order valence-corrected chi connectivity index (χ1v) is 13.2. The molecule has 0 bridgehead atoms. The summed E-state index contributed by atoms with van der Waals surface area (Å²) >= 11 is 0. The molecule has 0 amide bonds. The molecular formula is C24H40NO5S+. The third kappa shape index (κ3) is 11.8. The molecule has 1 N–H and O–H groups in total. The van der Waals surface area contributed by atoms with Crippen molar-refractivity contribution in [3.05, 3.63) is 35.4 Å². The van der Waals surface area contributed by atoms with Crippen LogP contribution in [-0.2, 0) is 25.7 Å². The monoisotopic (exact) mass is 454 g/mol. The van der Waals surface area contributed by atoms with Crippen LogP contribution in [0.1, 0.15) is 82.3 Å². The van der Waals surface area contributed by atoms with E-state index in [9.17, 15) is 8.42 Å². The Bertz CT molecular complexity index is 763. The Morgan fingerprint density at radius 1 is 1.00 bits per heavy atom. The molecule has 31 heavy (non-hydrogen) atoms. The van der Waals surface area contributed by atoms with Crippen LogP contribution < -0.4 is 0 Å². The number of hydrogen-bond donors (Lipinski definition) is 1. The molecule has 6 nitrogen and oxygen atoms in total. The highest BCUT2D eigenvalue weighted by molar-refractivity contribution is 7.80. The summed E-state index contributed by atoms with van der Waals surface area (Å²) in [6, 6.07) is 8.15. The molecule has 1 aromatic rings. The van der Waals surface area contributed by atoms with Gasteiger partial charge in [0, 0.05) is 18.6 Å². The lowest BCUT2D eigenvalue weighted by atomic mass is 10.0. The number of unbranched alkanes of at least 4 members (excludes halogenated alkanes) is 9. The summed E-state index contributed by atoms with van der Waals surface area (Å²) in [5, 5.41) is 0. The summed E-state index contributed by atoms with van der Waals surface area (Å²) in [6.45, 7) is 4.09. The number of nitrogens with zero attached hydrogens (tertiary/aromatic N) is 1. The van der Waals surface area contributed by atoms with Gasteiger partial charge in [-0.15, -0.1) is 0 Å². The predicted octanol–water partition coefficient (Wildman–Crippen LogP) is 4.80. The number of ether oxygens (including phenoxy) is 1. The standard InChI is InChI=1S/C24H39NO5S/c1-2-3-4-5-6-7-8-9-10-13-18-29-21-24(30-31(26,27)28)20-25-17-16-22-14-11-12-15-23(22)19-25/h11-12,14-15,19,24H,2-10,13,16-18,20-21H2,1H3/p+1. The number of benzene rings is 1. The second-order valence-corrected chi connectivity index (χ2v) is 9.52. The highest BCUT2D eigenvalue weighted by Gasteiger charge is 2.25. The minimum absolute atomic E-state index is 0.142. The van der Waals surface area contributed by atoms with Crippen LogP contribution in [0, 0.1) is 0 Å². The van der Waals surface area contributed by atoms with Crippen molar-refractivity contribution in [2.24, 2.45) is 0 Å². The summed E-state index contributed by atoms with van der Waals surface area (Å²) in [4.78, 5) is 0. The zero-order chi connectivity index (χ0) is 22.4. The average molecular weight is 455 g/mol. The van der Waals surface area contributed by atoms with Gasteiger partial charge in [0.2, 0.25) is 0 Å². The van der Waals surface area contributed by atoms with Gasteiger partial charge in [0.05, 0.1) is 6.61 Å². The van der Waals surface area contributed by atoms with Crippen molar-refractivity contribution in [3.63, 3.8) is 0 Å². The van der Waals surface area contributed by atoms with E-state index >= 15 is 0 Å². The molecule has 0 fully saturated rings. The summed E-state index contributed by atoms with van der Waals surface area (Å²) in [5.41, 5.74) is 2.41. The molecule has 1 aliphatic rings. The van der Waals surface area contributed by atoms with Gasteiger partial charge in [-0.05, 0) is 18.1 Å². The highest BCUT2D eigenvalue weighted by Crippen LogP contribution is 2.13. The van der Waals surface area contributed by atoms with Crippen molar-refractivity contribution in [2.45, 2.75) is 83.7 Å². The molecule has 0 aliphatic carbocycles. The fraction of sp³-hybridized carbons (Fsp3) is 0.708. The first-order valence-electron chi connectivity index (χ1n) is 11.9. The van der Waals surface area contributed by atoms with Gasteiger partial charge in [0.25, 0.3) is 0 Å². The highest BCUT2D eigenvalue weighted by atomic mass is 32.3. The Hall–Kier alpha value is -1.28. The Kier molecular flexibility index (Phi) is 12.3. The fourth-order valence-corrected chi connectivity index (χ4v) is 4.47. The van der Waals surface area contributed by atoms with E-state index in [1.54, 1.807) is 0 Å². The van der Waals surface area contributed by atoms with E-state index in [1.165, 1.54) is 56.9 Å². The third-order valence-electron chi connectivity index (χ3n) is 5.69. The van der Waals surface area contributed by atoms with E-state index in [2.05, 4.69) is 13.0 Å². The second kappa shape index (κ2) is 14.7. The maximum atomic E-state index is 11.2. The topological polar surface area (TPSA) is 75.8 Å². The first-order chi connectivity index (χ1) is 15.0. The van der Waals surface area contributed by atoms with Crippen LogP contribution in [0.4, 0.5) is 0 Å². The van der Waals surface area contributed by atoms with Gasteiger partial charge in [-0.3, -0.25) is 4.55 Å². The summed E-state index contributed by atoms with van der Waals surface area (Å²) in [5.74, 6) is 0. The van der Waals surface area contributed by atoms with E-state index in [4.69, 9.17) is 13.5 Å². The molecule has 0 saturated heterocycles. The number of rotatable bonds is 17. The lowest BCUT2D eigenvalue weighted by Crippen LogP contribution is -2.36. The molecule has 1 unspecified atom stereocenters. The number of hydrogen-bond acceptors (Lipinski definition) is 4. The Labute approximate surface area is 188 Å². The van der Waals surface area contributed by atoms with Crippen LogP contribution in [-0.4, -0.2) is 56.2 Å². The van der Waals surface area contributed by atoms with Crippen molar-refractivity contribution in [2.75, 3.05) is 26.3 Å². The zero-order valence-electron chi connectivity index (χ0n) is 19.0. The van der Waals surface area contributed by atoms with Crippen LogP contribution in [0.2, 0.25) is 0 Å². The minimum Gasteiger partial charge on any atom is -0.378 e. The van der Waals surface area contributed by atoms with Crippen LogP contribution in [0.3, 0.4) is 0 Å². The first kappa shape index (κ1) is 26.0. The normalized spacial score (nSPS) is 14.8. The summed E-state index contributed by atoms with van der Waals surface area (Å²) in [6.07, 6.45) is 14.7. The van der Waals surface area contributed by atoms with E-state index in [0.29, 0.717) is 13.2 Å². The Balaban J connectivity index is 1.65. The SMILES string of the molecule is CCCCCCCCCCCCOCC(C[N+]1=Cc2ccccc2CC1)OS(=O)(=O)O. The molecule has 176 valence electrons.